The van der Waals surface area contributed by atoms with Crippen LogP contribution in [-0.4, -0.2) is 43.6 Å². The largest absolute Gasteiger partial charge is 0.379 e. The smallest absolute Gasteiger partial charge is 0.243 e. The molecule has 0 spiro atoms. The average Bonchev–Trinajstić information content (AvgIpc) is 3.18. The zero-order valence-corrected chi connectivity index (χ0v) is 20.6. The van der Waals surface area contributed by atoms with Crippen LogP contribution < -0.4 is 4.80 Å². The Kier molecular flexibility index (Phi) is 7.39. The second-order valence-electron chi connectivity index (χ2n) is 7.30. The molecule has 4 rings (SSSR count). The summed E-state index contributed by atoms with van der Waals surface area (Å²) in [7, 11) is -3.53. The van der Waals surface area contributed by atoms with E-state index >= 15 is 0 Å². The first-order valence-corrected chi connectivity index (χ1v) is 13.3. The van der Waals surface area contributed by atoms with Gasteiger partial charge in [0.1, 0.15) is 0 Å². The first kappa shape index (κ1) is 23.5. The van der Waals surface area contributed by atoms with Gasteiger partial charge in [-0.2, -0.15) is 4.31 Å². The van der Waals surface area contributed by atoms with Gasteiger partial charge in [-0.05, 0) is 48.9 Å². The lowest BCUT2D eigenvalue weighted by molar-refractivity contribution is 0.0730. The fourth-order valence-corrected chi connectivity index (χ4v) is 6.25. The van der Waals surface area contributed by atoms with Gasteiger partial charge in [0.15, 0.2) is 4.80 Å². The minimum absolute atomic E-state index is 0.261. The Balaban J connectivity index is 1.68. The summed E-state index contributed by atoms with van der Waals surface area (Å²) in [4.78, 5) is 5.84. The summed E-state index contributed by atoms with van der Waals surface area (Å²) >= 11 is 14.1. The number of aromatic nitrogens is 1. The maximum atomic E-state index is 12.8. The van der Waals surface area contributed by atoms with Crippen molar-refractivity contribution in [2.75, 3.05) is 26.3 Å². The van der Waals surface area contributed by atoms with Gasteiger partial charge >= 0.3 is 0 Å². The zero-order valence-electron chi connectivity index (χ0n) is 17.5. The summed E-state index contributed by atoms with van der Waals surface area (Å²) in [6.07, 6.45) is 0.922. The van der Waals surface area contributed by atoms with E-state index in [2.05, 4.69) is 11.5 Å². The molecule has 0 bridgehead atoms. The third-order valence-corrected chi connectivity index (χ3v) is 8.46. The third kappa shape index (κ3) is 4.95. The lowest BCUT2D eigenvalue weighted by Gasteiger charge is -2.26. The quantitative estimate of drug-likeness (QED) is 0.457. The van der Waals surface area contributed by atoms with Gasteiger partial charge in [-0.15, -0.1) is 11.3 Å². The monoisotopic (exact) mass is 511 g/mol. The molecule has 0 aliphatic carbocycles. The summed E-state index contributed by atoms with van der Waals surface area (Å²) in [6, 6.07) is 12.1. The molecule has 32 heavy (non-hydrogen) atoms. The number of hydrogen-bond donors (Lipinski definition) is 0. The van der Waals surface area contributed by atoms with Crippen molar-refractivity contribution in [3.63, 3.8) is 0 Å². The standard InChI is InChI=1S/C22H23Cl2N3O3S2/c1-2-9-27-21(19-14-16(23)3-8-20(19)24)15-31-22(27)25-17-4-6-18(7-5-17)32(28,29)26-10-12-30-13-11-26/h3-8,14-15H,2,9-13H2,1H3. The van der Waals surface area contributed by atoms with E-state index in [0.717, 1.165) is 29.0 Å². The van der Waals surface area contributed by atoms with Gasteiger partial charge in [-0.3, -0.25) is 0 Å². The molecule has 1 saturated heterocycles. The highest BCUT2D eigenvalue weighted by molar-refractivity contribution is 7.89. The van der Waals surface area contributed by atoms with Crippen LogP contribution in [0.25, 0.3) is 11.3 Å². The van der Waals surface area contributed by atoms with Crippen molar-refractivity contribution in [1.82, 2.24) is 8.87 Å². The van der Waals surface area contributed by atoms with E-state index in [0.29, 0.717) is 42.0 Å². The first-order chi connectivity index (χ1) is 15.4. The predicted molar refractivity (Wildman–Crippen MR) is 129 cm³/mol. The molecular formula is C22H23Cl2N3O3S2. The molecule has 10 heteroatoms. The fraction of sp³-hybridized carbons (Fsp3) is 0.318. The molecule has 2 heterocycles. The normalized spacial score (nSPS) is 15.9. The van der Waals surface area contributed by atoms with Crippen molar-refractivity contribution < 1.29 is 13.2 Å². The van der Waals surface area contributed by atoms with E-state index in [1.165, 1.54) is 15.6 Å². The van der Waals surface area contributed by atoms with Crippen LogP contribution in [0.2, 0.25) is 10.0 Å². The summed E-state index contributed by atoms with van der Waals surface area (Å²) in [6.45, 7) is 4.45. The number of hydrogen-bond acceptors (Lipinski definition) is 5. The van der Waals surface area contributed by atoms with Gasteiger partial charge in [0.05, 0.1) is 34.5 Å². The van der Waals surface area contributed by atoms with Gasteiger partial charge in [-0.25, -0.2) is 13.4 Å². The van der Waals surface area contributed by atoms with Crippen LogP contribution in [0.5, 0.6) is 0 Å². The number of benzene rings is 2. The molecule has 1 aromatic heterocycles. The highest BCUT2D eigenvalue weighted by atomic mass is 35.5. The number of sulfonamides is 1. The maximum absolute atomic E-state index is 12.8. The molecule has 1 aliphatic rings. The minimum atomic E-state index is -3.53. The molecule has 0 radical (unpaired) electrons. The summed E-state index contributed by atoms with van der Waals surface area (Å²) in [5, 5.41) is 3.26. The molecule has 0 N–H and O–H groups in total. The van der Waals surface area contributed by atoms with Crippen molar-refractivity contribution in [3.05, 3.63) is 62.7 Å². The SMILES string of the molecule is CCCn1c(-c2cc(Cl)ccc2Cl)csc1=Nc1ccc(S(=O)(=O)N2CCOCC2)cc1. The van der Waals surface area contributed by atoms with Gasteiger partial charge in [-0.1, -0.05) is 30.1 Å². The van der Waals surface area contributed by atoms with E-state index in [-0.39, 0.29) is 4.90 Å². The van der Waals surface area contributed by atoms with Crippen LogP contribution in [0.15, 0.2) is 57.7 Å². The lowest BCUT2D eigenvalue weighted by atomic mass is 10.1. The van der Waals surface area contributed by atoms with E-state index in [9.17, 15) is 8.42 Å². The van der Waals surface area contributed by atoms with Crippen LogP contribution in [0, 0.1) is 0 Å². The van der Waals surface area contributed by atoms with Gasteiger partial charge in [0, 0.05) is 35.6 Å². The van der Waals surface area contributed by atoms with Crippen LogP contribution in [0.4, 0.5) is 5.69 Å². The summed E-state index contributed by atoms with van der Waals surface area (Å²) in [5.74, 6) is 0. The van der Waals surface area contributed by atoms with Crippen molar-refractivity contribution in [2.24, 2.45) is 4.99 Å². The maximum Gasteiger partial charge on any atom is 0.243 e. The number of rotatable bonds is 6. The topological polar surface area (TPSA) is 63.9 Å². The molecule has 0 saturated carbocycles. The first-order valence-electron chi connectivity index (χ1n) is 10.3. The van der Waals surface area contributed by atoms with Crippen LogP contribution in [-0.2, 0) is 21.3 Å². The van der Waals surface area contributed by atoms with Crippen molar-refractivity contribution >= 4 is 50.2 Å². The summed E-state index contributed by atoms with van der Waals surface area (Å²) in [5.41, 5.74) is 2.49. The molecule has 1 fully saturated rings. The Morgan fingerprint density at radius 3 is 2.50 bits per heavy atom. The Hall–Kier alpha value is -1.68. The number of nitrogens with zero attached hydrogens (tertiary/aromatic N) is 3. The van der Waals surface area contributed by atoms with E-state index < -0.39 is 10.0 Å². The molecule has 1 aliphatic heterocycles. The Morgan fingerprint density at radius 1 is 1.09 bits per heavy atom. The Labute approximate surface area is 201 Å². The second-order valence-corrected chi connectivity index (χ2v) is 10.9. The Bertz CT molecular complexity index is 1260. The van der Waals surface area contributed by atoms with Crippen molar-refractivity contribution in [2.45, 2.75) is 24.8 Å². The van der Waals surface area contributed by atoms with Gasteiger partial charge < -0.3 is 9.30 Å². The molecule has 3 aromatic rings. The second kappa shape index (κ2) is 10.1. The number of morpholine rings is 1. The van der Waals surface area contributed by atoms with Crippen LogP contribution in [0.3, 0.4) is 0 Å². The van der Waals surface area contributed by atoms with E-state index in [1.807, 2.05) is 11.4 Å². The molecule has 6 nitrogen and oxygen atoms in total. The highest BCUT2D eigenvalue weighted by Crippen LogP contribution is 2.31. The van der Waals surface area contributed by atoms with Crippen molar-refractivity contribution in [1.29, 1.82) is 0 Å². The predicted octanol–water partition coefficient (Wildman–Crippen LogP) is 5.19. The Morgan fingerprint density at radius 2 is 1.81 bits per heavy atom. The van der Waals surface area contributed by atoms with E-state index in [4.69, 9.17) is 32.9 Å². The average molecular weight is 512 g/mol. The molecule has 2 aromatic carbocycles. The molecule has 0 atom stereocenters. The van der Waals surface area contributed by atoms with Gasteiger partial charge in [0.2, 0.25) is 10.0 Å². The minimum Gasteiger partial charge on any atom is -0.379 e. The molecule has 170 valence electrons. The molecule has 0 amide bonds. The lowest BCUT2D eigenvalue weighted by Crippen LogP contribution is -2.40. The molecule has 0 unspecified atom stereocenters. The fourth-order valence-electron chi connectivity index (χ4n) is 3.51. The van der Waals surface area contributed by atoms with Crippen LogP contribution >= 0.6 is 34.5 Å². The third-order valence-electron chi connectivity index (χ3n) is 5.12. The number of thiazole rings is 1. The van der Waals surface area contributed by atoms with Gasteiger partial charge in [0.25, 0.3) is 0 Å². The summed E-state index contributed by atoms with van der Waals surface area (Å²) < 4.78 is 34.5. The number of ether oxygens (including phenoxy) is 1. The van der Waals surface area contributed by atoms with Crippen LogP contribution in [0.1, 0.15) is 13.3 Å². The van der Waals surface area contributed by atoms with E-state index in [1.54, 1.807) is 36.4 Å². The highest BCUT2D eigenvalue weighted by Gasteiger charge is 2.26. The number of halogens is 2. The van der Waals surface area contributed by atoms with Crippen molar-refractivity contribution in [3.8, 4) is 11.3 Å². The zero-order chi connectivity index (χ0) is 22.7. The molecular weight excluding hydrogens is 489 g/mol.